The lowest BCUT2D eigenvalue weighted by atomic mass is 9.69. The van der Waals surface area contributed by atoms with Crippen LogP contribution in [0.3, 0.4) is 0 Å². The van der Waals surface area contributed by atoms with E-state index in [1.807, 2.05) is 0 Å². The van der Waals surface area contributed by atoms with Crippen molar-refractivity contribution in [1.29, 1.82) is 5.26 Å². The van der Waals surface area contributed by atoms with Crippen LogP contribution in [0.2, 0.25) is 0 Å². The van der Waals surface area contributed by atoms with Gasteiger partial charge in [-0.25, -0.2) is 0 Å². The van der Waals surface area contributed by atoms with E-state index in [-0.39, 0.29) is 5.41 Å². The lowest BCUT2D eigenvalue weighted by molar-refractivity contribution is 0.204. The van der Waals surface area contributed by atoms with Gasteiger partial charge in [0.1, 0.15) is 0 Å². The van der Waals surface area contributed by atoms with E-state index in [2.05, 4.69) is 35.6 Å². The molecule has 1 aliphatic carbocycles. The normalized spacial score (nSPS) is 28.9. The van der Waals surface area contributed by atoms with Gasteiger partial charge in [-0.05, 0) is 38.0 Å². The van der Waals surface area contributed by atoms with Gasteiger partial charge in [-0.15, -0.1) is 0 Å². The molecule has 17 heavy (non-hydrogen) atoms. The molecule has 0 N–H and O–H groups in total. The van der Waals surface area contributed by atoms with Crippen LogP contribution >= 0.6 is 22.6 Å². The third-order valence-electron chi connectivity index (χ3n) is 4.28. The molecule has 0 atom stereocenters. The zero-order chi connectivity index (χ0) is 12.6. The Bertz CT molecular complexity index is 236. The topological polar surface area (TPSA) is 23.8 Å². The van der Waals surface area contributed by atoms with Gasteiger partial charge in [-0.1, -0.05) is 61.6 Å². The summed E-state index contributed by atoms with van der Waals surface area (Å²) in [6.45, 7) is 2.25. The number of alkyl halides is 1. The molecular weight excluding hydrogens is 321 g/mol. The molecule has 98 valence electrons. The number of nitrogens with zero attached hydrogens (tertiary/aromatic N) is 1. The first-order valence-electron chi connectivity index (χ1n) is 7.23. The standard InChI is InChI=1S/C15H26IN/c1-2-3-4-5-6-9-15(13-17)10-7-14(12-16)8-11-15/h14H,2-12H2,1H3. The molecular formula is C15H26IN. The van der Waals surface area contributed by atoms with Crippen molar-refractivity contribution in [3.05, 3.63) is 0 Å². The van der Waals surface area contributed by atoms with Gasteiger partial charge >= 0.3 is 0 Å². The predicted molar refractivity (Wildman–Crippen MR) is 82.3 cm³/mol. The van der Waals surface area contributed by atoms with Gasteiger partial charge in [0.25, 0.3) is 0 Å². The summed E-state index contributed by atoms with van der Waals surface area (Å²) in [6.07, 6.45) is 12.6. The summed E-state index contributed by atoms with van der Waals surface area (Å²) in [5.74, 6) is 0.886. The van der Waals surface area contributed by atoms with E-state index in [1.54, 1.807) is 0 Å². The van der Waals surface area contributed by atoms with Crippen molar-refractivity contribution >= 4 is 22.6 Å². The maximum absolute atomic E-state index is 9.45. The van der Waals surface area contributed by atoms with Gasteiger partial charge in [0.15, 0.2) is 0 Å². The minimum Gasteiger partial charge on any atom is -0.198 e. The number of nitriles is 1. The fraction of sp³-hybridized carbons (Fsp3) is 0.933. The molecule has 0 spiro atoms. The number of hydrogen-bond donors (Lipinski definition) is 0. The highest BCUT2D eigenvalue weighted by Gasteiger charge is 2.34. The maximum atomic E-state index is 9.45. The van der Waals surface area contributed by atoms with E-state index in [9.17, 15) is 5.26 Å². The van der Waals surface area contributed by atoms with Crippen LogP contribution in [0.15, 0.2) is 0 Å². The van der Waals surface area contributed by atoms with Crippen LogP contribution in [-0.2, 0) is 0 Å². The molecule has 0 unspecified atom stereocenters. The highest BCUT2D eigenvalue weighted by atomic mass is 127. The van der Waals surface area contributed by atoms with Crippen molar-refractivity contribution in [3.63, 3.8) is 0 Å². The molecule has 1 saturated carbocycles. The molecule has 1 rings (SSSR count). The van der Waals surface area contributed by atoms with Gasteiger partial charge in [0, 0.05) is 4.43 Å². The van der Waals surface area contributed by atoms with Gasteiger partial charge < -0.3 is 0 Å². The fourth-order valence-electron chi connectivity index (χ4n) is 2.87. The Hall–Kier alpha value is 0.220. The number of unbranched alkanes of at least 4 members (excludes halogenated alkanes) is 4. The van der Waals surface area contributed by atoms with E-state index in [4.69, 9.17) is 0 Å². The Balaban J connectivity index is 2.26. The first kappa shape index (κ1) is 15.3. The molecule has 0 radical (unpaired) electrons. The van der Waals surface area contributed by atoms with Crippen LogP contribution in [0.25, 0.3) is 0 Å². The van der Waals surface area contributed by atoms with Crippen molar-refractivity contribution in [2.75, 3.05) is 4.43 Å². The Morgan fingerprint density at radius 2 is 1.82 bits per heavy atom. The summed E-state index contributed by atoms with van der Waals surface area (Å²) in [4.78, 5) is 0. The molecule has 0 aliphatic heterocycles. The molecule has 2 heteroatoms. The molecule has 0 aromatic carbocycles. The Morgan fingerprint density at radius 1 is 1.18 bits per heavy atom. The van der Waals surface area contributed by atoms with Crippen LogP contribution in [0.5, 0.6) is 0 Å². The van der Waals surface area contributed by atoms with E-state index >= 15 is 0 Å². The average molecular weight is 347 g/mol. The Morgan fingerprint density at radius 3 is 2.35 bits per heavy atom. The van der Waals surface area contributed by atoms with Crippen LogP contribution in [0.4, 0.5) is 0 Å². The average Bonchev–Trinajstić information content (AvgIpc) is 2.39. The largest absolute Gasteiger partial charge is 0.198 e. The van der Waals surface area contributed by atoms with Gasteiger partial charge in [0.05, 0.1) is 11.5 Å². The summed E-state index contributed by atoms with van der Waals surface area (Å²) < 4.78 is 1.27. The minimum atomic E-state index is 0.0501. The first-order valence-corrected chi connectivity index (χ1v) is 8.76. The molecule has 1 nitrogen and oxygen atoms in total. The quantitative estimate of drug-likeness (QED) is 0.340. The zero-order valence-corrected chi connectivity index (χ0v) is 13.3. The zero-order valence-electron chi connectivity index (χ0n) is 11.2. The molecule has 0 aromatic heterocycles. The van der Waals surface area contributed by atoms with Crippen molar-refractivity contribution in [2.24, 2.45) is 11.3 Å². The molecule has 1 fully saturated rings. The van der Waals surface area contributed by atoms with Crippen LogP contribution in [0, 0.1) is 22.7 Å². The SMILES string of the molecule is CCCCCCCC1(C#N)CCC(CI)CC1. The van der Waals surface area contributed by atoms with Crippen molar-refractivity contribution < 1.29 is 0 Å². The molecule has 0 aromatic rings. The lowest BCUT2D eigenvalue weighted by Crippen LogP contribution is -2.26. The predicted octanol–water partition coefficient (Wildman–Crippen LogP) is 5.48. The fourth-order valence-corrected chi connectivity index (χ4v) is 3.75. The lowest BCUT2D eigenvalue weighted by Gasteiger charge is -2.34. The summed E-state index contributed by atoms with van der Waals surface area (Å²) in [6, 6.07) is 2.65. The van der Waals surface area contributed by atoms with Gasteiger partial charge in [-0.3, -0.25) is 0 Å². The minimum absolute atomic E-state index is 0.0501. The molecule has 0 bridgehead atoms. The molecule has 0 amide bonds. The monoisotopic (exact) mass is 347 g/mol. The van der Waals surface area contributed by atoms with Gasteiger partial charge in [-0.2, -0.15) is 5.26 Å². The Kier molecular flexibility index (Phi) is 7.50. The number of hydrogen-bond acceptors (Lipinski definition) is 1. The van der Waals surface area contributed by atoms with Gasteiger partial charge in [0.2, 0.25) is 0 Å². The maximum Gasteiger partial charge on any atom is 0.0689 e. The van der Waals surface area contributed by atoms with E-state index < -0.39 is 0 Å². The highest BCUT2D eigenvalue weighted by Crippen LogP contribution is 2.42. The summed E-state index contributed by atoms with van der Waals surface area (Å²) >= 11 is 2.49. The van der Waals surface area contributed by atoms with Crippen LogP contribution < -0.4 is 0 Å². The van der Waals surface area contributed by atoms with Crippen molar-refractivity contribution in [3.8, 4) is 6.07 Å². The third-order valence-corrected chi connectivity index (χ3v) is 5.52. The summed E-state index contributed by atoms with van der Waals surface area (Å²) in [5.41, 5.74) is 0.0501. The van der Waals surface area contributed by atoms with Crippen molar-refractivity contribution in [2.45, 2.75) is 71.1 Å². The first-order chi connectivity index (χ1) is 8.26. The Labute approximate surface area is 120 Å². The number of halogens is 1. The second-order valence-corrected chi connectivity index (χ2v) is 6.53. The van der Waals surface area contributed by atoms with E-state index in [0.717, 1.165) is 25.2 Å². The van der Waals surface area contributed by atoms with Crippen LogP contribution in [0.1, 0.15) is 71.1 Å². The van der Waals surface area contributed by atoms with E-state index in [1.165, 1.54) is 49.4 Å². The summed E-state index contributed by atoms with van der Waals surface area (Å²) in [5, 5.41) is 9.45. The second-order valence-electron chi connectivity index (χ2n) is 5.65. The number of rotatable bonds is 7. The summed E-state index contributed by atoms with van der Waals surface area (Å²) in [7, 11) is 0. The van der Waals surface area contributed by atoms with Crippen LogP contribution in [-0.4, -0.2) is 4.43 Å². The second kappa shape index (κ2) is 8.34. The van der Waals surface area contributed by atoms with Crippen molar-refractivity contribution in [1.82, 2.24) is 0 Å². The molecule has 0 heterocycles. The third kappa shape index (κ3) is 5.16. The molecule has 1 aliphatic rings. The van der Waals surface area contributed by atoms with E-state index in [0.29, 0.717) is 0 Å². The molecule has 0 saturated heterocycles. The highest BCUT2D eigenvalue weighted by molar-refractivity contribution is 14.1. The smallest absolute Gasteiger partial charge is 0.0689 e.